The number of aryl methyl sites for hydroxylation is 1. The van der Waals surface area contributed by atoms with Gasteiger partial charge in [0.1, 0.15) is 5.69 Å². The van der Waals surface area contributed by atoms with Crippen LogP contribution in [0.3, 0.4) is 0 Å². The smallest absolute Gasteiger partial charge is 0.347 e. The lowest BCUT2D eigenvalue weighted by Crippen LogP contribution is -2.25. The molecular weight excluding hydrogens is 355 g/mol. The van der Waals surface area contributed by atoms with Crippen molar-refractivity contribution in [2.75, 3.05) is 0 Å². The van der Waals surface area contributed by atoms with Crippen LogP contribution in [0, 0.1) is 0 Å². The quantitative estimate of drug-likeness (QED) is 0.715. The van der Waals surface area contributed by atoms with E-state index in [2.05, 4.69) is 10.4 Å². The van der Waals surface area contributed by atoms with Crippen LogP contribution in [-0.2, 0) is 19.3 Å². The van der Waals surface area contributed by atoms with Crippen molar-refractivity contribution in [3.05, 3.63) is 77.5 Å². The SMILES string of the molecule is CCn1nc(-c2cccc(C(F)(F)F)c2)cc1C(=O)NCc1ccccc1. The third kappa shape index (κ3) is 4.36. The lowest BCUT2D eigenvalue weighted by Gasteiger charge is -2.07. The van der Waals surface area contributed by atoms with E-state index in [-0.39, 0.29) is 5.91 Å². The monoisotopic (exact) mass is 373 g/mol. The Labute approximate surface area is 154 Å². The zero-order chi connectivity index (χ0) is 19.4. The average molecular weight is 373 g/mol. The molecule has 0 radical (unpaired) electrons. The molecule has 0 saturated carbocycles. The Balaban J connectivity index is 1.84. The lowest BCUT2D eigenvalue weighted by molar-refractivity contribution is -0.137. The molecule has 0 fully saturated rings. The fraction of sp³-hybridized carbons (Fsp3) is 0.200. The molecule has 1 N–H and O–H groups in total. The van der Waals surface area contributed by atoms with Crippen LogP contribution in [0.2, 0.25) is 0 Å². The minimum absolute atomic E-state index is 0.306. The molecular formula is C20H18F3N3O. The van der Waals surface area contributed by atoms with Crippen molar-refractivity contribution in [2.45, 2.75) is 26.2 Å². The fourth-order valence-corrected chi connectivity index (χ4v) is 2.71. The summed E-state index contributed by atoms with van der Waals surface area (Å²) in [6, 6.07) is 15.9. The lowest BCUT2D eigenvalue weighted by atomic mass is 10.1. The third-order valence-electron chi connectivity index (χ3n) is 4.09. The van der Waals surface area contributed by atoms with Crippen LogP contribution in [0.25, 0.3) is 11.3 Å². The van der Waals surface area contributed by atoms with Crippen molar-refractivity contribution in [1.82, 2.24) is 15.1 Å². The normalized spacial score (nSPS) is 11.4. The maximum absolute atomic E-state index is 12.9. The Hall–Kier alpha value is -3.09. The number of halogens is 3. The van der Waals surface area contributed by atoms with Gasteiger partial charge in [-0.2, -0.15) is 18.3 Å². The Morgan fingerprint density at radius 1 is 1.07 bits per heavy atom. The van der Waals surface area contributed by atoms with E-state index in [0.29, 0.717) is 30.0 Å². The second-order valence-corrected chi connectivity index (χ2v) is 5.98. The van der Waals surface area contributed by atoms with Gasteiger partial charge < -0.3 is 5.32 Å². The molecule has 2 aromatic carbocycles. The molecule has 3 aromatic rings. The van der Waals surface area contributed by atoms with E-state index in [1.807, 2.05) is 37.3 Å². The average Bonchev–Trinajstić information content (AvgIpc) is 3.11. The largest absolute Gasteiger partial charge is 0.416 e. The molecule has 0 saturated heterocycles. The van der Waals surface area contributed by atoms with Crippen LogP contribution in [0.1, 0.15) is 28.5 Å². The molecule has 0 unspecified atom stereocenters. The summed E-state index contributed by atoms with van der Waals surface area (Å²) in [6.45, 7) is 2.59. The second kappa shape index (κ2) is 7.65. The van der Waals surface area contributed by atoms with E-state index >= 15 is 0 Å². The van der Waals surface area contributed by atoms with Gasteiger partial charge in [0, 0.05) is 18.7 Å². The van der Waals surface area contributed by atoms with Gasteiger partial charge in [-0.1, -0.05) is 42.5 Å². The maximum Gasteiger partial charge on any atom is 0.416 e. The highest BCUT2D eigenvalue weighted by Gasteiger charge is 2.30. The highest BCUT2D eigenvalue weighted by molar-refractivity contribution is 5.93. The number of nitrogens with zero attached hydrogens (tertiary/aromatic N) is 2. The summed E-state index contributed by atoms with van der Waals surface area (Å²) in [7, 11) is 0. The van der Waals surface area contributed by atoms with Crippen LogP contribution in [0.15, 0.2) is 60.7 Å². The van der Waals surface area contributed by atoms with Gasteiger partial charge in [0.25, 0.3) is 5.91 Å². The van der Waals surface area contributed by atoms with Gasteiger partial charge in [-0.05, 0) is 30.7 Å². The third-order valence-corrected chi connectivity index (χ3v) is 4.09. The Morgan fingerprint density at radius 3 is 2.48 bits per heavy atom. The van der Waals surface area contributed by atoms with Crippen LogP contribution in [0.4, 0.5) is 13.2 Å². The van der Waals surface area contributed by atoms with E-state index in [4.69, 9.17) is 0 Å². The zero-order valence-electron chi connectivity index (χ0n) is 14.6. The second-order valence-electron chi connectivity index (χ2n) is 5.98. The summed E-state index contributed by atoms with van der Waals surface area (Å²) in [4.78, 5) is 12.5. The van der Waals surface area contributed by atoms with Crippen LogP contribution in [0.5, 0.6) is 0 Å². The topological polar surface area (TPSA) is 46.9 Å². The zero-order valence-corrected chi connectivity index (χ0v) is 14.6. The van der Waals surface area contributed by atoms with Gasteiger partial charge in [0.2, 0.25) is 0 Å². The maximum atomic E-state index is 12.9. The standard InChI is InChI=1S/C20H18F3N3O/c1-2-26-18(19(27)24-13-14-7-4-3-5-8-14)12-17(25-26)15-9-6-10-16(11-15)20(21,22)23/h3-12H,2,13H2,1H3,(H,24,27). The Morgan fingerprint density at radius 2 is 1.81 bits per heavy atom. The van der Waals surface area contributed by atoms with Crippen LogP contribution >= 0.6 is 0 Å². The molecule has 0 aliphatic heterocycles. The minimum atomic E-state index is -4.43. The fourth-order valence-electron chi connectivity index (χ4n) is 2.71. The number of carbonyl (C=O) groups excluding carboxylic acids is 1. The number of aromatic nitrogens is 2. The summed E-state index contributed by atoms with van der Waals surface area (Å²) >= 11 is 0. The van der Waals surface area contributed by atoms with Gasteiger partial charge in [0.15, 0.2) is 0 Å². The molecule has 1 aromatic heterocycles. The molecule has 4 nitrogen and oxygen atoms in total. The highest BCUT2D eigenvalue weighted by Crippen LogP contribution is 2.32. The number of hydrogen-bond donors (Lipinski definition) is 1. The molecule has 0 aliphatic carbocycles. The predicted octanol–water partition coefficient (Wildman–Crippen LogP) is 4.52. The number of amides is 1. The van der Waals surface area contributed by atoms with Gasteiger partial charge in [0.05, 0.1) is 11.3 Å². The molecule has 140 valence electrons. The molecule has 1 amide bonds. The first kappa shape index (κ1) is 18.7. The van der Waals surface area contributed by atoms with Crippen molar-refractivity contribution in [3.8, 4) is 11.3 Å². The van der Waals surface area contributed by atoms with Crippen molar-refractivity contribution in [3.63, 3.8) is 0 Å². The van der Waals surface area contributed by atoms with Gasteiger partial charge >= 0.3 is 6.18 Å². The molecule has 0 atom stereocenters. The van der Waals surface area contributed by atoms with Gasteiger partial charge in [-0.15, -0.1) is 0 Å². The van der Waals surface area contributed by atoms with E-state index < -0.39 is 11.7 Å². The number of rotatable bonds is 5. The first-order chi connectivity index (χ1) is 12.9. The molecule has 0 spiro atoms. The summed E-state index contributed by atoms with van der Waals surface area (Å²) in [5.41, 5.74) is 1.15. The molecule has 1 heterocycles. The van der Waals surface area contributed by atoms with E-state index in [0.717, 1.165) is 17.7 Å². The summed E-state index contributed by atoms with van der Waals surface area (Å²) < 4.78 is 40.3. The predicted molar refractivity (Wildman–Crippen MR) is 96.0 cm³/mol. The summed E-state index contributed by atoms with van der Waals surface area (Å²) in [5, 5.41) is 7.10. The van der Waals surface area contributed by atoms with Crippen LogP contribution in [-0.4, -0.2) is 15.7 Å². The van der Waals surface area contributed by atoms with Gasteiger partial charge in [-0.3, -0.25) is 9.48 Å². The first-order valence-corrected chi connectivity index (χ1v) is 8.46. The van der Waals surface area contributed by atoms with E-state index in [1.165, 1.54) is 16.8 Å². The van der Waals surface area contributed by atoms with Gasteiger partial charge in [-0.25, -0.2) is 0 Å². The molecule has 7 heteroatoms. The number of nitrogens with one attached hydrogen (secondary N) is 1. The van der Waals surface area contributed by atoms with Crippen molar-refractivity contribution >= 4 is 5.91 Å². The van der Waals surface area contributed by atoms with Crippen molar-refractivity contribution in [1.29, 1.82) is 0 Å². The Kier molecular flexibility index (Phi) is 5.30. The summed E-state index contributed by atoms with van der Waals surface area (Å²) in [5.74, 6) is -0.327. The molecule has 0 aliphatic rings. The van der Waals surface area contributed by atoms with Crippen molar-refractivity contribution < 1.29 is 18.0 Å². The summed E-state index contributed by atoms with van der Waals surface area (Å²) in [6.07, 6.45) is -4.43. The number of benzene rings is 2. The van der Waals surface area contributed by atoms with E-state index in [9.17, 15) is 18.0 Å². The minimum Gasteiger partial charge on any atom is -0.347 e. The molecule has 0 bridgehead atoms. The Bertz CT molecular complexity index is 933. The van der Waals surface area contributed by atoms with Crippen molar-refractivity contribution in [2.24, 2.45) is 0 Å². The van der Waals surface area contributed by atoms with E-state index in [1.54, 1.807) is 6.07 Å². The number of alkyl halides is 3. The molecule has 27 heavy (non-hydrogen) atoms. The highest BCUT2D eigenvalue weighted by atomic mass is 19.4. The van der Waals surface area contributed by atoms with Crippen LogP contribution < -0.4 is 5.32 Å². The molecule has 3 rings (SSSR count). The first-order valence-electron chi connectivity index (χ1n) is 8.46. The number of carbonyl (C=O) groups is 1. The number of hydrogen-bond acceptors (Lipinski definition) is 2.